The number of carbonyl (C=O) groups excluding carboxylic acids is 1. The summed E-state index contributed by atoms with van der Waals surface area (Å²) in [6.07, 6.45) is 12.2. The predicted molar refractivity (Wildman–Crippen MR) is 91.2 cm³/mol. The molecular weight excluding hydrogens is 272 g/mol. The number of fused-ring (bicyclic) bond motifs is 1. The summed E-state index contributed by atoms with van der Waals surface area (Å²) >= 11 is 0. The summed E-state index contributed by atoms with van der Waals surface area (Å²) in [5.41, 5.74) is 5.07. The summed E-state index contributed by atoms with van der Waals surface area (Å²) in [5, 5.41) is 0. The van der Waals surface area contributed by atoms with Crippen LogP contribution in [0, 0.1) is 11.8 Å². The highest BCUT2D eigenvalue weighted by Crippen LogP contribution is 2.40. The van der Waals surface area contributed by atoms with Gasteiger partial charge in [0.25, 0.3) is 0 Å². The van der Waals surface area contributed by atoms with Crippen molar-refractivity contribution < 1.29 is 9.53 Å². The SMILES string of the molecule is C=C1CCC=C(C)CCC2C(CCC=C(C)C)=COC(=O)C12. The van der Waals surface area contributed by atoms with E-state index >= 15 is 0 Å². The van der Waals surface area contributed by atoms with Gasteiger partial charge < -0.3 is 4.74 Å². The van der Waals surface area contributed by atoms with E-state index in [-0.39, 0.29) is 17.8 Å². The molecule has 0 saturated heterocycles. The average molecular weight is 300 g/mol. The molecule has 1 aliphatic heterocycles. The number of carbonyl (C=O) groups is 1. The van der Waals surface area contributed by atoms with Gasteiger partial charge >= 0.3 is 5.97 Å². The third kappa shape index (κ3) is 4.22. The molecule has 0 aromatic carbocycles. The first-order valence-electron chi connectivity index (χ1n) is 8.35. The van der Waals surface area contributed by atoms with Crippen LogP contribution in [0.15, 0.2) is 47.3 Å². The van der Waals surface area contributed by atoms with Gasteiger partial charge in [0.05, 0.1) is 12.2 Å². The molecule has 22 heavy (non-hydrogen) atoms. The number of ether oxygens (including phenoxy) is 1. The molecule has 0 saturated carbocycles. The maximum absolute atomic E-state index is 12.3. The predicted octanol–water partition coefficient (Wildman–Crippen LogP) is 5.48. The fraction of sp³-hybridized carbons (Fsp3) is 0.550. The molecular formula is C20H28O2. The van der Waals surface area contributed by atoms with Gasteiger partial charge in [0, 0.05) is 5.92 Å². The second-order valence-electron chi connectivity index (χ2n) is 6.82. The van der Waals surface area contributed by atoms with E-state index in [1.165, 1.54) is 16.7 Å². The van der Waals surface area contributed by atoms with Crippen LogP contribution in [-0.2, 0) is 9.53 Å². The third-order valence-electron chi connectivity index (χ3n) is 4.69. The van der Waals surface area contributed by atoms with Crippen molar-refractivity contribution in [3.8, 4) is 0 Å². The van der Waals surface area contributed by atoms with E-state index in [9.17, 15) is 4.79 Å². The molecule has 2 aliphatic rings. The van der Waals surface area contributed by atoms with Crippen molar-refractivity contribution in [1.29, 1.82) is 0 Å². The zero-order valence-electron chi connectivity index (χ0n) is 14.2. The van der Waals surface area contributed by atoms with E-state index in [2.05, 4.69) is 39.5 Å². The van der Waals surface area contributed by atoms with Crippen LogP contribution in [0.4, 0.5) is 0 Å². The standard InChI is InChI=1S/C20H28O2/c1-14(2)7-5-10-17-13-22-20(21)19-16(4)9-6-8-15(3)11-12-18(17)19/h7-8,13,18-19H,4-6,9-12H2,1-3H3. The molecule has 2 nitrogen and oxygen atoms in total. The number of esters is 1. The minimum absolute atomic E-state index is 0.111. The molecule has 2 heteroatoms. The quantitative estimate of drug-likeness (QED) is 0.509. The van der Waals surface area contributed by atoms with Gasteiger partial charge in [0.2, 0.25) is 0 Å². The highest BCUT2D eigenvalue weighted by Gasteiger charge is 2.37. The number of hydrogen-bond acceptors (Lipinski definition) is 2. The third-order valence-corrected chi connectivity index (χ3v) is 4.69. The van der Waals surface area contributed by atoms with Crippen LogP contribution in [0.3, 0.4) is 0 Å². The van der Waals surface area contributed by atoms with E-state index in [1.807, 2.05) is 0 Å². The van der Waals surface area contributed by atoms with Crippen molar-refractivity contribution in [3.63, 3.8) is 0 Å². The Morgan fingerprint density at radius 2 is 2.18 bits per heavy atom. The molecule has 0 bridgehead atoms. The lowest BCUT2D eigenvalue weighted by Gasteiger charge is -2.32. The lowest BCUT2D eigenvalue weighted by Crippen LogP contribution is -2.31. The van der Waals surface area contributed by atoms with Gasteiger partial charge in [0.15, 0.2) is 0 Å². The summed E-state index contributed by atoms with van der Waals surface area (Å²) in [7, 11) is 0. The number of allylic oxidation sites excluding steroid dienone is 5. The molecule has 2 rings (SSSR count). The molecule has 0 spiro atoms. The van der Waals surface area contributed by atoms with Crippen molar-refractivity contribution in [2.45, 2.75) is 59.3 Å². The van der Waals surface area contributed by atoms with Crippen molar-refractivity contribution in [1.82, 2.24) is 0 Å². The Balaban J connectivity index is 2.20. The van der Waals surface area contributed by atoms with E-state index in [0.29, 0.717) is 0 Å². The zero-order valence-corrected chi connectivity index (χ0v) is 14.2. The Hall–Kier alpha value is -1.57. The molecule has 1 aliphatic carbocycles. The van der Waals surface area contributed by atoms with Crippen LogP contribution in [0.5, 0.6) is 0 Å². The normalized spacial score (nSPS) is 25.8. The maximum Gasteiger partial charge on any atom is 0.318 e. The Labute approximate surface area is 134 Å². The highest BCUT2D eigenvalue weighted by molar-refractivity contribution is 5.78. The summed E-state index contributed by atoms with van der Waals surface area (Å²) in [6, 6.07) is 0. The number of rotatable bonds is 3. The topological polar surface area (TPSA) is 26.3 Å². The van der Waals surface area contributed by atoms with Gasteiger partial charge in [-0.05, 0) is 64.9 Å². The van der Waals surface area contributed by atoms with Crippen molar-refractivity contribution in [3.05, 3.63) is 47.3 Å². The van der Waals surface area contributed by atoms with Gasteiger partial charge in [-0.3, -0.25) is 4.79 Å². The Morgan fingerprint density at radius 3 is 2.91 bits per heavy atom. The van der Waals surface area contributed by atoms with E-state index < -0.39 is 0 Å². The monoisotopic (exact) mass is 300 g/mol. The van der Waals surface area contributed by atoms with Crippen LogP contribution in [-0.4, -0.2) is 5.97 Å². The molecule has 0 N–H and O–H groups in total. The van der Waals surface area contributed by atoms with E-state index in [4.69, 9.17) is 4.74 Å². The first-order chi connectivity index (χ1) is 10.5. The lowest BCUT2D eigenvalue weighted by atomic mass is 9.75. The van der Waals surface area contributed by atoms with Gasteiger partial charge in [-0.25, -0.2) is 0 Å². The molecule has 120 valence electrons. The van der Waals surface area contributed by atoms with Crippen LogP contribution in [0.1, 0.15) is 59.3 Å². The molecule has 1 heterocycles. The summed E-state index contributed by atoms with van der Waals surface area (Å²) in [4.78, 5) is 12.3. The smallest absolute Gasteiger partial charge is 0.318 e. The van der Waals surface area contributed by atoms with Gasteiger partial charge in [-0.1, -0.05) is 35.5 Å². The molecule has 0 aromatic heterocycles. The van der Waals surface area contributed by atoms with Gasteiger partial charge in [-0.2, -0.15) is 0 Å². The second-order valence-corrected chi connectivity index (χ2v) is 6.82. The fourth-order valence-electron chi connectivity index (χ4n) is 3.39. The van der Waals surface area contributed by atoms with Crippen LogP contribution in [0.25, 0.3) is 0 Å². The first kappa shape index (κ1) is 16.8. The highest BCUT2D eigenvalue weighted by atomic mass is 16.5. The van der Waals surface area contributed by atoms with Crippen molar-refractivity contribution in [2.24, 2.45) is 11.8 Å². The maximum atomic E-state index is 12.3. The molecule has 0 aromatic rings. The molecule has 0 fully saturated rings. The minimum Gasteiger partial charge on any atom is -0.434 e. The number of hydrogen-bond donors (Lipinski definition) is 0. The summed E-state index contributed by atoms with van der Waals surface area (Å²) in [6.45, 7) is 10.6. The van der Waals surface area contributed by atoms with Gasteiger partial charge in [-0.15, -0.1) is 0 Å². The Bertz CT molecular complexity index is 530. The molecule has 2 atom stereocenters. The summed E-state index contributed by atoms with van der Waals surface area (Å²) in [5.74, 6) is 0.00674. The first-order valence-corrected chi connectivity index (χ1v) is 8.35. The van der Waals surface area contributed by atoms with Crippen LogP contribution >= 0.6 is 0 Å². The second kappa shape index (κ2) is 7.62. The van der Waals surface area contributed by atoms with Crippen LogP contribution < -0.4 is 0 Å². The van der Waals surface area contributed by atoms with Crippen LogP contribution in [0.2, 0.25) is 0 Å². The minimum atomic E-state index is -0.147. The molecule has 0 radical (unpaired) electrons. The Morgan fingerprint density at radius 1 is 1.41 bits per heavy atom. The van der Waals surface area contributed by atoms with E-state index in [0.717, 1.165) is 44.1 Å². The zero-order chi connectivity index (χ0) is 16.1. The van der Waals surface area contributed by atoms with E-state index in [1.54, 1.807) is 6.26 Å². The van der Waals surface area contributed by atoms with Crippen molar-refractivity contribution in [2.75, 3.05) is 0 Å². The Kier molecular flexibility index (Phi) is 5.82. The van der Waals surface area contributed by atoms with Crippen molar-refractivity contribution >= 4 is 5.97 Å². The molecule has 0 amide bonds. The number of cyclic esters (lactones) is 1. The lowest BCUT2D eigenvalue weighted by molar-refractivity contribution is -0.144. The average Bonchev–Trinajstić information content (AvgIpc) is 2.52. The summed E-state index contributed by atoms with van der Waals surface area (Å²) < 4.78 is 5.35. The van der Waals surface area contributed by atoms with Gasteiger partial charge in [0.1, 0.15) is 0 Å². The molecule has 2 unspecified atom stereocenters. The fourth-order valence-corrected chi connectivity index (χ4v) is 3.39. The largest absolute Gasteiger partial charge is 0.434 e.